The first-order valence-electron chi connectivity index (χ1n) is 8.38. The van der Waals surface area contributed by atoms with E-state index in [0.29, 0.717) is 0 Å². The predicted molar refractivity (Wildman–Crippen MR) is 108 cm³/mol. The standard InChI is InChI=1S/C20H20N2.2BrH/c1-3-7-17-15(5-1)9-11-21-13-14-22-12-10-16-6-2-4-8-18(16)20(22)19(17)21;;/h5-12H,1-4,13-14H2;2*1H/q+2;;. The molecule has 124 valence electrons. The van der Waals surface area contributed by atoms with Crippen LogP contribution in [0.2, 0.25) is 0 Å². The van der Waals surface area contributed by atoms with Gasteiger partial charge in [0.25, 0.3) is 11.4 Å². The summed E-state index contributed by atoms with van der Waals surface area (Å²) in [5.41, 5.74) is 2.84. The number of rotatable bonds is 0. The first-order valence-corrected chi connectivity index (χ1v) is 8.38. The van der Waals surface area contributed by atoms with Gasteiger partial charge in [0, 0.05) is 12.1 Å². The maximum absolute atomic E-state index is 2.45. The van der Waals surface area contributed by atoms with E-state index in [4.69, 9.17) is 0 Å². The largest absolute Gasteiger partial charge is 0.285 e. The molecule has 3 heterocycles. The minimum Gasteiger partial charge on any atom is -0.186 e. The molecule has 0 fully saturated rings. The zero-order chi connectivity index (χ0) is 14.5. The molecule has 0 saturated carbocycles. The van der Waals surface area contributed by atoms with E-state index >= 15 is 0 Å². The maximum Gasteiger partial charge on any atom is 0.285 e. The number of fused-ring (bicyclic) bond motifs is 7. The molecule has 0 aromatic carbocycles. The molecule has 4 heteroatoms. The van der Waals surface area contributed by atoms with Gasteiger partial charge in [-0.3, -0.25) is 0 Å². The second-order valence-corrected chi connectivity index (χ2v) is 6.42. The maximum atomic E-state index is 2.45. The van der Waals surface area contributed by atoms with Crippen LogP contribution in [0.1, 0.15) is 25.7 Å². The van der Waals surface area contributed by atoms with Gasteiger partial charge in [0.15, 0.2) is 12.4 Å². The van der Waals surface area contributed by atoms with Crippen molar-refractivity contribution in [2.45, 2.75) is 38.8 Å². The van der Waals surface area contributed by atoms with Crippen LogP contribution in [0.4, 0.5) is 0 Å². The second-order valence-electron chi connectivity index (χ2n) is 6.42. The van der Waals surface area contributed by atoms with Crippen LogP contribution in [0.15, 0.2) is 24.5 Å². The summed E-state index contributed by atoms with van der Waals surface area (Å²) in [5.74, 6) is 0. The van der Waals surface area contributed by atoms with Crippen LogP contribution >= 0.6 is 34.0 Å². The molecular formula is C20H22Br2N2+2. The molecule has 1 aliphatic heterocycles. The van der Waals surface area contributed by atoms with Crippen LogP contribution in [0.3, 0.4) is 0 Å². The molecule has 24 heavy (non-hydrogen) atoms. The average Bonchev–Trinajstić information content (AvgIpc) is 2.60. The van der Waals surface area contributed by atoms with Gasteiger partial charge < -0.3 is 0 Å². The van der Waals surface area contributed by atoms with E-state index < -0.39 is 0 Å². The molecule has 2 aromatic rings. The number of aromatic nitrogens is 2. The topological polar surface area (TPSA) is 7.76 Å². The summed E-state index contributed by atoms with van der Waals surface area (Å²) in [6.07, 6.45) is 18.9. The number of pyridine rings is 2. The van der Waals surface area contributed by atoms with Crippen LogP contribution in [0.5, 0.6) is 0 Å². The van der Waals surface area contributed by atoms with Crippen molar-refractivity contribution in [3.63, 3.8) is 0 Å². The third kappa shape index (κ3) is 2.60. The van der Waals surface area contributed by atoms with E-state index in [2.05, 4.69) is 58.0 Å². The van der Waals surface area contributed by atoms with Crippen LogP contribution in [-0.2, 0) is 13.1 Å². The highest BCUT2D eigenvalue weighted by molar-refractivity contribution is 8.93. The Kier molecular flexibility index (Phi) is 5.07. The highest BCUT2D eigenvalue weighted by Crippen LogP contribution is 2.07. The number of nitrogens with zero attached hydrogens (tertiary/aromatic N) is 2. The van der Waals surface area contributed by atoms with Crippen molar-refractivity contribution in [3.8, 4) is 11.4 Å². The van der Waals surface area contributed by atoms with Crippen molar-refractivity contribution < 1.29 is 9.13 Å². The fourth-order valence-corrected chi connectivity index (χ4v) is 4.09. The zero-order valence-electron chi connectivity index (χ0n) is 13.6. The SMILES string of the molecule is Br.Br.C1=c2cc[n+]3c(c2=CCC1)-c1c2c(cc[n+]1CC3)=CCCC=2. The Morgan fingerprint density at radius 1 is 0.583 bits per heavy atom. The molecule has 2 aromatic heterocycles. The van der Waals surface area contributed by atoms with E-state index in [0.717, 1.165) is 25.9 Å². The molecule has 2 nitrogen and oxygen atoms in total. The van der Waals surface area contributed by atoms with Gasteiger partial charge in [-0.25, -0.2) is 0 Å². The summed E-state index contributed by atoms with van der Waals surface area (Å²) >= 11 is 0. The van der Waals surface area contributed by atoms with E-state index in [1.165, 1.54) is 45.1 Å². The lowest BCUT2D eigenvalue weighted by Gasteiger charge is -2.13. The minimum atomic E-state index is 0. The molecule has 5 rings (SSSR count). The van der Waals surface area contributed by atoms with Crippen molar-refractivity contribution in [2.75, 3.05) is 0 Å². The normalized spacial score (nSPS) is 16.0. The second kappa shape index (κ2) is 6.93. The molecule has 0 bridgehead atoms. The van der Waals surface area contributed by atoms with Crippen LogP contribution < -0.4 is 30.0 Å². The molecule has 0 radical (unpaired) electrons. The zero-order valence-corrected chi connectivity index (χ0v) is 17.0. The van der Waals surface area contributed by atoms with Crippen molar-refractivity contribution in [2.24, 2.45) is 0 Å². The fraction of sp³-hybridized carbons (Fsp3) is 0.300. The van der Waals surface area contributed by atoms with Gasteiger partial charge in [-0.1, -0.05) is 24.3 Å². The van der Waals surface area contributed by atoms with Gasteiger partial charge in [-0.2, -0.15) is 9.13 Å². The highest BCUT2D eigenvalue weighted by atomic mass is 79.9. The molecule has 0 unspecified atom stereocenters. The Morgan fingerprint density at radius 2 is 1.00 bits per heavy atom. The van der Waals surface area contributed by atoms with Gasteiger partial charge in [0.2, 0.25) is 13.1 Å². The monoisotopic (exact) mass is 448 g/mol. The smallest absolute Gasteiger partial charge is 0.186 e. The molecule has 0 saturated heterocycles. The van der Waals surface area contributed by atoms with E-state index in [9.17, 15) is 0 Å². The summed E-state index contributed by atoms with van der Waals surface area (Å²) in [6.45, 7) is 2.13. The molecule has 2 aliphatic carbocycles. The Balaban J connectivity index is 0.000000845. The Labute approximate surface area is 162 Å². The van der Waals surface area contributed by atoms with Crippen molar-refractivity contribution in [1.82, 2.24) is 0 Å². The first kappa shape index (κ1) is 17.6. The summed E-state index contributed by atoms with van der Waals surface area (Å²) < 4.78 is 4.90. The average molecular weight is 450 g/mol. The van der Waals surface area contributed by atoms with E-state index in [-0.39, 0.29) is 34.0 Å². The molecule has 0 amide bonds. The van der Waals surface area contributed by atoms with Crippen molar-refractivity contribution in [1.29, 1.82) is 0 Å². The Morgan fingerprint density at radius 3 is 1.46 bits per heavy atom. The fourth-order valence-electron chi connectivity index (χ4n) is 4.09. The van der Waals surface area contributed by atoms with Crippen LogP contribution in [-0.4, -0.2) is 0 Å². The van der Waals surface area contributed by atoms with Crippen molar-refractivity contribution in [3.05, 3.63) is 45.4 Å². The summed E-state index contributed by atoms with van der Waals surface area (Å²) in [4.78, 5) is 0. The molecule has 3 aliphatic rings. The third-order valence-electron chi connectivity index (χ3n) is 5.14. The van der Waals surface area contributed by atoms with E-state index in [1.54, 1.807) is 0 Å². The molecule has 0 N–H and O–H groups in total. The van der Waals surface area contributed by atoms with E-state index in [1.807, 2.05) is 0 Å². The number of halogens is 2. The lowest BCUT2D eigenvalue weighted by atomic mass is 9.99. The Hall–Kier alpha value is -1.26. The third-order valence-corrected chi connectivity index (χ3v) is 5.14. The van der Waals surface area contributed by atoms with Gasteiger partial charge in [0.05, 0.1) is 10.4 Å². The summed E-state index contributed by atoms with van der Waals surface area (Å²) in [5, 5.41) is 5.69. The first-order chi connectivity index (χ1) is 10.9. The number of hydrogen-bond acceptors (Lipinski definition) is 0. The number of aryl methyl sites for hydroxylation is 2. The van der Waals surface area contributed by atoms with Gasteiger partial charge >= 0.3 is 0 Å². The minimum absolute atomic E-state index is 0. The lowest BCUT2D eigenvalue weighted by Crippen LogP contribution is -2.61. The summed E-state index contributed by atoms with van der Waals surface area (Å²) in [6, 6.07) is 4.57. The van der Waals surface area contributed by atoms with Crippen LogP contribution in [0.25, 0.3) is 35.7 Å². The molecular weight excluding hydrogens is 428 g/mol. The van der Waals surface area contributed by atoms with Gasteiger partial charge in [0.1, 0.15) is 0 Å². The van der Waals surface area contributed by atoms with Crippen LogP contribution in [0, 0.1) is 0 Å². The predicted octanol–water partition coefficient (Wildman–Crippen LogP) is 0.808. The van der Waals surface area contributed by atoms with Gasteiger partial charge in [-0.15, -0.1) is 34.0 Å². The molecule has 0 spiro atoms. The Bertz CT molecular complexity index is 953. The molecule has 0 atom stereocenters. The van der Waals surface area contributed by atoms with Gasteiger partial charge in [-0.05, 0) is 36.1 Å². The number of hydrogen-bond donors (Lipinski definition) is 0. The quantitative estimate of drug-likeness (QED) is 0.526. The highest BCUT2D eigenvalue weighted by Gasteiger charge is 2.32. The van der Waals surface area contributed by atoms with Crippen molar-refractivity contribution >= 4 is 58.3 Å². The lowest BCUT2D eigenvalue weighted by molar-refractivity contribution is -0.795. The summed E-state index contributed by atoms with van der Waals surface area (Å²) in [7, 11) is 0.